The summed E-state index contributed by atoms with van der Waals surface area (Å²) in [6.07, 6.45) is 16.0. The SMILES string of the molecule is CCCCCCCCCCCCCCNC(=O)OCCCO. The van der Waals surface area contributed by atoms with Crippen molar-refractivity contribution in [1.82, 2.24) is 5.32 Å². The topological polar surface area (TPSA) is 58.6 Å². The molecule has 0 aliphatic rings. The van der Waals surface area contributed by atoms with Crippen LogP contribution in [-0.2, 0) is 4.74 Å². The number of amides is 1. The number of nitrogens with one attached hydrogen (secondary N) is 1. The Hall–Kier alpha value is -0.770. The van der Waals surface area contributed by atoms with Crippen LogP contribution in [0.1, 0.15) is 90.4 Å². The van der Waals surface area contributed by atoms with Crippen molar-refractivity contribution in [1.29, 1.82) is 0 Å². The third-order valence-electron chi connectivity index (χ3n) is 3.84. The molecule has 0 radical (unpaired) electrons. The lowest BCUT2D eigenvalue weighted by molar-refractivity contribution is 0.135. The fraction of sp³-hybridized carbons (Fsp3) is 0.944. The zero-order valence-corrected chi connectivity index (χ0v) is 14.6. The van der Waals surface area contributed by atoms with Crippen molar-refractivity contribution in [2.45, 2.75) is 90.4 Å². The van der Waals surface area contributed by atoms with Crippen molar-refractivity contribution in [2.24, 2.45) is 0 Å². The van der Waals surface area contributed by atoms with Gasteiger partial charge in [-0.3, -0.25) is 0 Å². The Labute approximate surface area is 137 Å². The molecule has 0 aliphatic carbocycles. The Morgan fingerprint density at radius 1 is 0.818 bits per heavy atom. The number of aliphatic hydroxyl groups excluding tert-OH is 1. The minimum Gasteiger partial charge on any atom is -0.449 e. The van der Waals surface area contributed by atoms with Crippen molar-refractivity contribution in [3.63, 3.8) is 0 Å². The first-order valence-corrected chi connectivity index (χ1v) is 9.32. The predicted molar refractivity (Wildman–Crippen MR) is 92.1 cm³/mol. The first-order chi connectivity index (χ1) is 10.8. The average molecular weight is 315 g/mol. The summed E-state index contributed by atoms with van der Waals surface area (Å²) in [6.45, 7) is 3.30. The molecule has 0 rings (SSSR count). The standard InChI is InChI=1S/C18H37NO3/c1-2-3-4-5-6-7-8-9-10-11-12-13-15-19-18(21)22-17-14-16-20/h20H,2-17H2,1H3,(H,19,21). The largest absolute Gasteiger partial charge is 0.449 e. The second-order valence-corrected chi connectivity index (χ2v) is 6.03. The quantitative estimate of drug-likeness (QED) is 0.402. The second-order valence-electron chi connectivity index (χ2n) is 6.03. The van der Waals surface area contributed by atoms with Gasteiger partial charge in [0.05, 0.1) is 6.61 Å². The maximum Gasteiger partial charge on any atom is 0.407 e. The highest BCUT2D eigenvalue weighted by atomic mass is 16.5. The van der Waals surface area contributed by atoms with Gasteiger partial charge in [0.2, 0.25) is 0 Å². The van der Waals surface area contributed by atoms with Gasteiger partial charge in [0, 0.05) is 19.6 Å². The summed E-state index contributed by atoms with van der Waals surface area (Å²) in [7, 11) is 0. The van der Waals surface area contributed by atoms with E-state index in [4.69, 9.17) is 9.84 Å². The van der Waals surface area contributed by atoms with E-state index in [0.717, 1.165) is 6.42 Å². The van der Waals surface area contributed by atoms with Crippen LogP contribution in [0.3, 0.4) is 0 Å². The van der Waals surface area contributed by atoms with Crippen LogP contribution in [-0.4, -0.2) is 31.0 Å². The van der Waals surface area contributed by atoms with Gasteiger partial charge in [0.15, 0.2) is 0 Å². The molecule has 0 bridgehead atoms. The van der Waals surface area contributed by atoms with Crippen LogP contribution < -0.4 is 5.32 Å². The smallest absolute Gasteiger partial charge is 0.407 e. The lowest BCUT2D eigenvalue weighted by atomic mass is 10.1. The van der Waals surface area contributed by atoms with Gasteiger partial charge in [0.25, 0.3) is 0 Å². The molecule has 0 atom stereocenters. The van der Waals surface area contributed by atoms with Crippen molar-refractivity contribution in [3.05, 3.63) is 0 Å². The highest BCUT2D eigenvalue weighted by Gasteiger charge is 2.00. The molecule has 0 aromatic rings. The number of hydrogen-bond donors (Lipinski definition) is 2. The summed E-state index contributed by atoms with van der Waals surface area (Å²) in [6, 6.07) is 0. The number of aliphatic hydroxyl groups is 1. The maximum atomic E-state index is 11.2. The third kappa shape index (κ3) is 17.3. The molecular formula is C18H37NO3. The minimum atomic E-state index is -0.364. The molecule has 2 N–H and O–H groups in total. The number of ether oxygens (including phenoxy) is 1. The summed E-state index contributed by atoms with van der Waals surface area (Å²) in [5.74, 6) is 0. The van der Waals surface area contributed by atoms with Gasteiger partial charge >= 0.3 is 6.09 Å². The van der Waals surface area contributed by atoms with E-state index in [2.05, 4.69) is 12.2 Å². The van der Waals surface area contributed by atoms with Gasteiger partial charge in [0.1, 0.15) is 0 Å². The first-order valence-electron chi connectivity index (χ1n) is 9.32. The summed E-state index contributed by atoms with van der Waals surface area (Å²) in [5, 5.41) is 11.3. The highest BCUT2D eigenvalue weighted by molar-refractivity contribution is 5.66. The molecule has 0 spiro atoms. The molecule has 132 valence electrons. The molecule has 0 aromatic heterocycles. The molecule has 0 heterocycles. The molecule has 22 heavy (non-hydrogen) atoms. The summed E-state index contributed by atoms with van der Waals surface area (Å²) < 4.78 is 4.88. The van der Waals surface area contributed by atoms with E-state index in [1.807, 2.05) is 0 Å². The molecule has 0 saturated carbocycles. The lowest BCUT2D eigenvalue weighted by Crippen LogP contribution is -2.25. The van der Waals surface area contributed by atoms with Crippen LogP contribution >= 0.6 is 0 Å². The molecule has 1 amide bonds. The maximum absolute atomic E-state index is 11.2. The molecule has 0 unspecified atom stereocenters. The number of carbonyl (C=O) groups excluding carboxylic acids is 1. The normalized spacial score (nSPS) is 10.6. The van der Waals surface area contributed by atoms with E-state index in [1.54, 1.807) is 0 Å². The summed E-state index contributed by atoms with van der Waals surface area (Å²) >= 11 is 0. The monoisotopic (exact) mass is 315 g/mol. The number of carbonyl (C=O) groups is 1. The van der Waals surface area contributed by atoms with E-state index >= 15 is 0 Å². The van der Waals surface area contributed by atoms with Gasteiger partial charge in [-0.2, -0.15) is 0 Å². The zero-order valence-electron chi connectivity index (χ0n) is 14.6. The second kappa shape index (κ2) is 18.3. The Balaban J connectivity index is 3.06. The van der Waals surface area contributed by atoms with Gasteiger partial charge in [-0.25, -0.2) is 4.79 Å². The molecule has 4 nitrogen and oxygen atoms in total. The number of unbranched alkanes of at least 4 members (excludes halogenated alkanes) is 11. The number of rotatable bonds is 16. The van der Waals surface area contributed by atoms with Gasteiger partial charge in [-0.15, -0.1) is 0 Å². The first kappa shape index (κ1) is 21.2. The van der Waals surface area contributed by atoms with Crippen molar-refractivity contribution in [3.8, 4) is 0 Å². The van der Waals surface area contributed by atoms with Crippen molar-refractivity contribution >= 4 is 6.09 Å². The molecular weight excluding hydrogens is 278 g/mol. The van der Waals surface area contributed by atoms with E-state index in [9.17, 15) is 4.79 Å². The Morgan fingerprint density at radius 3 is 1.82 bits per heavy atom. The van der Waals surface area contributed by atoms with E-state index in [-0.39, 0.29) is 12.7 Å². The van der Waals surface area contributed by atoms with E-state index in [1.165, 1.54) is 70.6 Å². The molecule has 4 heteroatoms. The van der Waals surface area contributed by atoms with Gasteiger partial charge < -0.3 is 15.2 Å². The Kier molecular flexibility index (Phi) is 17.6. The van der Waals surface area contributed by atoms with Crippen LogP contribution in [0.4, 0.5) is 4.79 Å². The van der Waals surface area contributed by atoms with E-state index in [0.29, 0.717) is 19.6 Å². The van der Waals surface area contributed by atoms with Crippen LogP contribution in [0.25, 0.3) is 0 Å². The zero-order chi connectivity index (χ0) is 16.3. The molecule has 0 aliphatic heterocycles. The Bertz CT molecular complexity index is 234. The van der Waals surface area contributed by atoms with Crippen molar-refractivity contribution < 1.29 is 14.6 Å². The average Bonchev–Trinajstić information content (AvgIpc) is 2.52. The lowest BCUT2D eigenvalue weighted by Gasteiger charge is -2.06. The van der Waals surface area contributed by atoms with Crippen LogP contribution in [0.2, 0.25) is 0 Å². The molecule has 0 aromatic carbocycles. The Morgan fingerprint density at radius 2 is 1.32 bits per heavy atom. The van der Waals surface area contributed by atoms with Crippen LogP contribution in [0, 0.1) is 0 Å². The van der Waals surface area contributed by atoms with Crippen molar-refractivity contribution in [2.75, 3.05) is 19.8 Å². The van der Waals surface area contributed by atoms with Crippen LogP contribution in [0.5, 0.6) is 0 Å². The summed E-state index contributed by atoms with van der Waals surface area (Å²) in [5.41, 5.74) is 0. The number of alkyl carbamates (subject to hydrolysis) is 1. The van der Waals surface area contributed by atoms with Gasteiger partial charge in [-0.1, -0.05) is 77.6 Å². The van der Waals surface area contributed by atoms with Crippen LogP contribution in [0.15, 0.2) is 0 Å². The predicted octanol–water partition coefficient (Wildman–Crippen LogP) is 4.80. The number of hydrogen-bond acceptors (Lipinski definition) is 3. The highest BCUT2D eigenvalue weighted by Crippen LogP contribution is 2.11. The van der Waals surface area contributed by atoms with Gasteiger partial charge in [-0.05, 0) is 6.42 Å². The van der Waals surface area contributed by atoms with E-state index < -0.39 is 0 Å². The fourth-order valence-corrected chi connectivity index (χ4v) is 2.44. The summed E-state index contributed by atoms with van der Waals surface area (Å²) in [4.78, 5) is 11.2. The third-order valence-corrected chi connectivity index (χ3v) is 3.84. The minimum absolute atomic E-state index is 0.0615. The molecule has 0 fully saturated rings. The molecule has 0 saturated heterocycles. The fourth-order valence-electron chi connectivity index (χ4n) is 2.44.